The predicted molar refractivity (Wildman–Crippen MR) is 137 cm³/mol. The Bertz CT molecular complexity index is 758. The zero-order valence-electron chi connectivity index (χ0n) is 20.4. The molecular formula is C23H40IN5O3. The number of likely N-dealkylation sites (tertiary alicyclic amines) is 1. The number of carbonyl (C=O) groups is 1. The molecule has 1 saturated heterocycles. The summed E-state index contributed by atoms with van der Waals surface area (Å²) >= 11 is 0. The van der Waals surface area contributed by atoms with Gasteiger partial charge in [-0.25, -0.2) is 4.79 Å². The predicted octanol–water partition coefficient (Wildman–Crippen LogP) is 4.14. The first kappa shape index (κ1) is 26.7. The molecule has 9 heteroatoms. The number of nitrogens with one attached hydrogen (secondary N) is 1. The molecule has 0 radical (unpaired) electrons. The lowest BCUT2D eigenvalue weighted by atomic mass is 10.0. The number of hydrogen-bond donors (Lipinski definition) is 1. The number of halogens is 1. The molecule has 1 aliphatic carbocycles. The molecule has 0 atom stereocenters. The Balaban J connectivity index is 0.00000363. The number of ether oxygens (including phenoxy) is 1. The molecule has 1 amide bonds. The monoisotopic (exact) mass is 561 g/mol. The molecule has 2 aliphatic rings. The standard InChI is InChI=1S/C23H39N5O3.HI/c1-16-20(17(2)31-26-16)9-12-25-21(24-6)27-13-10-19(11-14-27)28(15-18-7-8-18)22(29)30-23(3,4)5;/h18-19H,7-15H2,1-6H3,(H,24,25);1H. The molecule has 1 aromatic heterocycles. The second-order valence-electron chi connectivity index (χ2n) is 9.82. The molecule has 0 unspecified atom stereocenters. The summed E-state index contributed by atoms with van der Waals surface area (Å²) in [7, 11) is 1.82. The van der Waals surface area contributed by atoms with Gasteiger partial charge < -0.3 is 24.4 Å². The van der Waals surface area contributed by atoms with Gasteiger partial charge in [-0.05, 0) is 72.6 Å². The van der Waals surface area contributed by atoms with Crippen LogP contribution >= 0.6 is 24.0 Å². The van der Waals surface area contributed by atoms with Crippen molar-refractivity contribution in [2.75, 3.05) is 33.2 Å². The summed E-state index contributed by atoms with van der Waals surface area (Å²) in [6, 6.07) is 0.229. The fourth-order valence-corrected chi connectivity index (χ4v) is 4.15. The third-order valence-electron chi connectivity index (χ3n) is 6.04. The molecule has 0 aromatic carbocycles. The SMILES string of the molecule is CN=C(NCCc1c(C)noc1C)N1CCC(N(CC2CC2)C(=O)OC(C)(C)C)CC1.I. The second kappa shape index (κ2) is 11.6. The van der Waals surface area contributed by atoms with Gasteiger partial charge in [-0.15, -0.1) is 24.0 Å². The maximum absolute atomic E-state index is 12.8. The highest BCUT2D eigenvalue weighted by Crippen LogP contribution is 2.32. The first-order valence-corrected chi connectivity index (χ1v) is 11.5. The highest BCUT2D eigenvalue weighted by molar-refractivity contribution is 14.0. The van der Waals surface area contributed by atoms with E-state index in [1.54, 1.807) is 0 Å². The second-order valence-corrected chi connectivity index (χ2v) is 9.82. The summed E-state index contributed by atoms with van der Waals surface area (Å²) in [5, 5.41) is 7.50. The number of carbonyl (C=O) groups excluding carboxylic acids is 1. The minimum absolute atomic E-state index is 0. The molecule has 1 saturated carbocycles. The Labute approximate surface area is 209 Å². The molecule has 2 fully saturated rings. The van der Waals surface area contributed by atoms with Crippen LogP contribution in [0.25, 0.3) is 0 Å². The Kier molecular flexibility index (Phi) is 9.66. The van der Waals surface area contributed by atoms with Crippen LogP contribution in [0.15, 0.2) is 9.52 Å². The summed E-state index contributed by atoms with van der Waals surface area (Å²) in [4.78, 5) is 21.6. The number of aryl methyl sites for hydroxylation is 2. The van der Waals surface area contributed by atoms with Crippen LogP contribution in [0.5, 0.6) is 0 Å². The van der Waals surface area contributed by atoms with Crippen LogP contribution < -0.4 is 5.32 Å². The van der Waals surface area contributed by atoms with Crippen molar-refractivity contribution in [3.8, 4) is 0 Å². The number of rotatable bonds is 6. The van der Waals surface area contributed by atoms with Crippen molar-refractivity contribution in [2.24, 2.45) is 10.9 Å². The minimum Gasteiger partial charge on any atom is -0.444 e. The van der Waals surface area contributed by atoms with E-state index in [9.17, 15) is 4.79 Å². The number of amides is 1. The van der Waals surface area contributed by atoms with Gasteiger partial charge in [-0.2, -0.15) is 0 Å². The van der Waals surface area contributed by atoms with E-state index in [2.05, 4.69) is 20.4 Å². The summed E-state index contributed by atoms with van der Waals surface area (Å²) in [5.74, 6) is 2.44. The lowest BCUT2D eigenvalue weighted by Crippen LogP contribution is -2.52. The van der Waals surface area contributed by atoms with E-state index in [4.69, 9.17) is 9.26 Å². The quantitative estimate of drug-likeness (QED) is 0.320. The maximum Gasteiger partial charge on any atom is 0.410 e. The van der Waals surface area contributed by atoms with Gasteiger partial charge in [-0.3, -0.25) is 4.99 Å². The minimum atomic E-state index is -0.466. The molecule has 1 aliphatic heterocycles. The molecule has 2 heterocycles. The maximum atomic E-state index is 12.8. The smallest absolute Gasteiger partial charge is 0.410 e. The summed E-state index contributed by atoms with van der Waals surface area (Å²) in [5.41, 5.74) is 1.65. The van der Waals surface area contributed by atoms with Gasteiger partial charge in [0.1, 0.15) is 11.4 Å². The van der Waals surface area contributed by atoms with Gasteiger partial charge in [0.25, 0.3) is 0 Å². The Morgan fingerprint density at radius 3 is 2.41 bits per heavy atom. The Hall–Kier alpha value is -1.52. The van der Waals surface area contributed by atoms with E-state index in [-0.39, 0.29) is 36.1 Å². The van der Waals surface area contributed by atoms with Crippen LogP contribution in [0.1, 0.15) is 63.5 Å². The van der Waals surface area contributed by atoms with Gasteiger partial charge in [-0.1, -0.05) is 5.16 Å². The number of nitrogens with zero attached hydrogens (tertiary/aromatic N) is 4. The highest BCUT2D eigenvalue weighted by Gasteiger charge is 2.35. The van der Waals surface area contributed by atoms with E-state index >= 15 is 0 Å². The molecule has 3 rings (SSSR count). The van der Waals surface area contributed by atoms with E-state index in [1.807, 2.05) is 46.6 Å². The average Bonchev–Trinajstić information content (AvgIpc) is 3.48. The lowest BCUT2D eigenvalue weighted by molar-refractivity contribution is 0.00928. The average molecular weight is 562 g/mol. The molecule has 8 nitrogen and oxygen atoms in total. The Morgan fingerprint density at radius 1 is 1.25 bits per heavy atom. The fourth-order valence-electron chi connectivity index (χ4n) is 4.15. The zero-order chi connectivity index (χ0) is 22.6. The molecule has 1 N–H and O–H groups in total. The summed E-state index contributed by atoms with van der Waals surface area (Å²) in [6.45, 7) is 13.1. The van der Waals surface area contributed by atoms with Crippen molar-refractivity contribution >= 4 is 36.0 Å². The first-order chi connectivity index (χ1) is 14.7. The summed E-state index contributed by atoms with van der Waals surface area (Å²) in [6.07, 6.45) is 4.98. The molecule has 32 heavy (non-hydrogen) atoms. The lowest BCUT2D eigenvalue weighted by Gasteiger charge is -2.40. The molecule has 0 spiro atoms. The van der Waals surface area contributed by atoms with Crippen molar-refractivity contribution < 1.29 is 14.1 Å². The van der Waals surface area contributed by atoms with E-state index in [0.29, 0.717) is 5.92 Å². The topological polar surface area (TPSA) is 83.2 Å². The number of hydrogen-bond acceptors (Lipinski definition) is 5. The van der Waals surface area contributed by atoms with Crippen LogP contribution in [0.3, 0.4) is 0 Å². The van der Waals surface area contributed by atoms with Crippen molar-refractivity contribution in [3.05, 3.63) is 17.0 Å². The Morgan fingerprint density at radius 2 is 1.91 bits per heavy atom. The summed E-state index contributed by atoms with van der Waals surface area (Å²) < 4.78 is 11.0. The van der Waals surface area contributed by atoms with Crippen molar-refractivity contribution in [2.45, 2.75) is 78.4 Å². The zero-order valence-corrected chi connectivity index (χ0v) is 22.8. The van der Waals surface area contributed by atoms with Crippen molar-refractivity contribution in [1.82, 2.24) is 20.3 Å². The molecule has 1 aromatic rings. The van der Waals surface area contributed by atoms with Crippen LogP contribution in [0, 0.1) is 19.8 Å². The first-order valence-electron chi connectivity index (χ1n) is 11.5. The molecule has 182 valence electrons. The third kappa shape index (κ3) is 7.52. The van der Waals surface area contributed by atoms with E-state index in [0.717, 1.165) is 68.4 Å². The molecular weight excluding hydrogens is 521 g/mol. The number of aromatic nitrogens is 1. The van der Waals surface area contributed by atoms with E-state index in [1.165, 1.54) is 12.8 Å². The van der Waals surface area contributed by atoms with Gasteiger partial charge in [0.15, 0.2) is 5.96 Å². The van der Waals surface area contributed by atoms with Crippen molar-refractivity contribution in [1.29, 1.82) is 0 Å². The largest absolute Gasteiger partial charge is 0.444 e. The highest BCUT2D eigenvalue weighted by atomic mass is 127. The fraction of sp³-hybridized carbons (Fsp3) is 0.783. The van der Waals surface area contributed by atoms with Crippen molar-refractivity contribution in [3.63, 3.8) is 0 Å². The van der Waals surface area contributed by atoms with Gasteiger partial charge in [0, 0.05) is 44.8 Å². The van der Waals surface area contributed by atoms with Crippen LogP contribution in [-0.2, 0) is 11.2 Å². The number of aliphatic imine (C=N–C) groups is 1. The number of guanidine groups is 1. The van der Waals surface area contributed by atoms with Crippen LogP contribution in [-0.4, -0.2) is 71.9 Å². The molecule has 0 bridgehead atoms. The van der Waals surface area contributed by atoms with Gasteiger partial charge >= 0.3 is 6.09 Å². The van der Waals surface area contributed by atoms with Gasteiger partial charge in [0.05, 0.1) is 5.69 Å². The van der Waals surface area contributed by atoms with Gasteiger partial charge in [0.2, 0.25) is 0 Å². The number of piperidine rings is 1. The van der Waals surface area contributed by atoms with Crippen LogP contribution in [0.2, 0.25) is 0 Å². The van der Waals surface area contributed by atoms with Crippen LogP contribution in [0.4, 0.5) is 4.79 Å². The van der Waals surface area contributed by atoms with E-state index < -0.39 is 5.60 Å². The normalized spacial score (nSPS) is 17.7. The third-order valence-corrected chi connectivity index (χ3v) is 6.04.